The number of benzene rings is 1. The number of anilines is 1. The van der Waals surface area contributed by atoms with Crippen LogP contribution in [0.2, 0.25) is 0 Å². The summed E-state index contributed by atoms with van der Waals surface area (Å²) in [6.45, 7) is 4.52. The van der Waals surface area contributed by atoms with Gasteiger partial charge in [0.1, 0.15) is 12.4 Å². The van der Waals surface area contributed by atoms with Crippen LogP contribution in [-0.2, 0) is 28.4 Å². The molecule has 158 valence electrons. The third-order valence-electron chi connectivity index (χ3n) is 5.31. The van der Waals surface area contributed by atoms with Gasteiger partial charge in [-0.15, -0.1) is 0 Å². The first-order valence-corrected chi connectivity index (χ1v) is 11.4. The second-order valence-corrected chi connectivity index (χ2v) is 9.64. The van der Waals surface area contributed by atoms with Crippen LogP contribution in [-0.4, -0.2) is 52.3 Å². The summed E-state index contributed by atoms with van der Waals surface area (Å²) in [6.07, 6.45) is 2.38. The Morgan fingerprint density at radius 1 is 1.24 bits per heavy atom. The Kier molecular flexibility index (Phi) is 5.95. The highest BCUT2D eigenvalue weighted by atomic mass is 32.2. The van der Waals surface area contributed by atoms with Gasteiger partial charge in [0.05, 0.1) is 6.26 Å². The van der Waals surface area contributed by atoms with Gasteiger partial charge < -0.3 is 5.32 Å². The van der Waals surface area contributed by atoms with E-state index in [4.69, 9.17) is 0 Å². The predicted octanol–water partition coefficient (Wildman–Crippen LogP) is 0.976. The number of piperidine rings is 1. The number of sulfonamides is 1. The minimum absolute atomic E-state index is 0.0191. The molecule has 1 N–H and O–H groups in total. The highest BCUT2D eigenvalue weighted by Gasteiger charge is 2.29. The third-order valence-corrected chi connectivity index (χ3v) is 6.62. The van der Waals surface area contributed by atoms with Crippen LogP contribution in [0.3, 0.4) is 0 Å². The van der Waals surface area contributed by atoms with E-state index >= 15 is 0 Å². The molecule has 9 nitrogen and oxygen atoms in total. The molecule has 2 heterocycles. The summed E-state index contributed by atoms with van der Waals surface area (Å²) in [5, 5.41) is 7.20. The third kappa shape index (κ3) is 4.76. The topological polar surface area (TPSA) is 106 Å². The van der Waals surface area contributed by atoms with Gasteiger partial charge in [-0.25, -0.2) is 22.2 Å². The lowest BCUT2D eigenvalue weighted by molar-refractivity contribution is -0.117. The van der Waals surface area contributed by atoms with Gasteiger partial charge in [-0.05, 0) is 38.3 Å². The summed E-state index contributed by atoms with van der Waals surface area (Å²) in [5.41, 5.74) is 2.40. The number of carbonyl (C=O) groups excluding carboxylic acids is 1. The fraction of sp³-hybridized carbons (Fsp3) is 0.526. The molecule has 3 rings (SSSR count). The molecule has 2 aromatic rings. The van der Waals surface area contributed by atoms with Crippen LogP contribution < -0.4 is 11.0 Å². The van der Waals surface area contributed by atoms with Crippen molar-refractivity contribution < 1.29 is 13.2 Å². The maximum absolute atomic E-state index is 12.5. The second-order valence-electron chi connectivity index (χ2n) is 7.66. The van der Waals surface area contributed by atoms with Crippen molar-refractivity contribution in [3.63, 3.8) is 0 Å². The SMILES string of the molecule is Cc1ccc(NC(=O)Cn2nc(C3CCN(S(C)(=O)=O)CC3)n(C)c2=O)c(C)c1. The van der Waals surface area contributed by atoms with E-state index in [1.165, 1.54) is 15.1 Å². The minimum Gasteiger partial charge on any atom is -0.324 e. The Morgan fingerprint density at radius 2 is 1.90 bits per heavy atom. The van der Waals surface area contributed by atoms with Gasteiger partial charge in [-0.2, -0.15) is 5.10 Å². The molecule has 0 radical (unpaired) electrons. The fourth-order valence-corrected chi connectivity index (χ4v) is 4.56. The van der Waals surface area contributed by atoms with E-state index in [0.717, 1.165) is 15.8 Å². The van der Waals surface area contributed by atoms with Crippen LogP contribution in [0.1, 0.15) is 35.7 Å². The highest BCUT2D eigenvalue weighted by molar-refractivity contribution is 7.88. The predicted molar refractivity (Wildman–Crippen MR) is 110 cm³/mol. The number of hydrogen-bond acceptors (Lipinski definition) is 5. The minimum atomic E-state index is -3.21. The Bertz CT molecular complexity index is 1080. The van der Waals surface area contributed by atoms with Gasteiger partial charge in [-0.1, -0.05) is 17.7 Å². The smallest absolute Gasteiger partial charge is 0.324 e. The van der Waals surface area contributed by atoms with Crippen molar-refractivity contribution in [2.24, 2.45) is 7.05 Å². The van der Waals surface area contributed by atoms with Crippen LogP contribution in [0.15, 0.2) is 23.0 Å². The molecule has 29 heavy (non-hydrogen) atoms. The van der Waals surface area contributed by atoms with Crippen molar-refractivity contribution in [3.05, 3.63) is 45.6 Å². The molecule has 1 fully saturated rings. The van der Waals surface area contributed by atoms with Crippen LogP contribution in [0.25, 0.3) is 0 Å². The molecule has 0 spiro atoms. The van der Waals surface area contributed by atoms with E-state index < -0.39 is 10.0 Å². The summed E-state index contributed by atoms with van der Waals surface area (Å²) in [7, 11) is -1.58. The highest BCUT2D eigenvalue weighted by Crippen LogP contribution is 2.26. The Hall–Kier alpha value is -2.46. The largest absolute Gasteiger partial charge is 0.346 e. The van der Waals surface area contributed by atoms with Gasteiger partial charge >= 0.3 is 5.69 Å². The van der Waals surface area contributed by atoms with E-state index in [1.54, 1.807) is 7.05 Å². The number of carbonyl (C=O) groups is 1. The normalized spacial score (nSPS) is 16.1. The van der Waals surface area contributed by atoms with E-state index in [1.807, 2.05) is 32.0 Å². The summed E-state index contributed by atoms with van der Waals surface area (Å²) in [5.74, 6) is 0.243. The Morgan fingerprint density at radius 3 is 2.48 bits per heavy atom. The summed E-state index contributed by atoms with van der Waals surface area (Å²) in [4.78, 5) is 25.0. The monoisotopic (exact) mass is 421 g/mol. The van der Waals surface area contributed by atoms with Crippen LogP contribution >= 0.6 is 0 Å². The number of rotatable bonds is 5. The Balaban J connectivity index is 1.70. The Labute approximate surface area is 170 Å². The molecule has 1 amide bonds. The fourth-order valence-electron chi connectivity index (χ4n) is 3.69. The standard InChI is InChI=1S/C19H27N5O4S/c1-13-5-6-16(14(2)11-13)20-17(25)12-24-19(26)22(3)18(21-24)15-7-9-23(10-8-15)29(4,27)28/h5-6,11,15H,7-10,12H2,1-4H3,(H,20,25). The van der Waals surface area contributed by atoms with Crippen molar-refractivity contribution in [1.29, 1.82) is 0 Å². The van der Waals surface area contributed by atoms with Crippen LogP contribution in [0, 0.1) is 13.8 Å². The van der Waals surface area contributed by atoms with Gasteiger partial charge in [0, 0.05) is 31.7 Å². The van der Waals surface area contributed by atoms with Crippen molar-refractivity contribution in [2.75, 3.05) is 24.7 Å². The average molecular weight is 422 g/mol. The molecule has 0 saturated carbocycles. The molecule has 0 bridgehead atoms. The van der Waals surface area contributed by atoms with Crippen molar-refractivity contribution >= 4 is 21.6 Å². The quantitative estimate of drug-likeness (QED) is 0.774. The average Bonchev–Trinajstić information content (AvgIpc) is 2.92. The number of aromatic nitrogens is 3. The summed E-state index contributed by atoms with van der Waals surface area (Å²) in [6, 6.07) is 5.73. The molecule has 1 aromatic carbocycles. The molecule has 1 aliphatic rings. The van der Waals surface area contributed by atoms with Crippen LogP contribution in [0.4, 0.5) is 5.69 Å². The maximum atomic E-state index is 12.5. The number of aryl methyl sites for hydroxylation is 2. The number of nitrogens with zero attached hydrogens (tertiary/aromatic N) is 4. The molecule has 1 saturated heterocycles. The summed E-state index contributed by atoms with van der Waals surface area (Å²) < 4.78 is 27.4. The first kappa shape index (κ1) is 21.3. The lowest BCUT2D eigenvalue weighted by atomic mass is 9.97. The molecule has 10 heteroatoms. The number of amides is 1. The first-order chi connectivity index (χ1) is 13.6. The molecular weight excluding hydrogens is 394 g/mol. The number of nitrogens with one attached hydrogen (secondary N) is 1. The van der Waals surface area contributed by atoms with Gasteiger partial charge in [0.25, 0.3) is 0 Å². The molecule has 1 aliphatic heterocycles. The lowest BCUT2D eigenvalue weighted by Gasteiger charge is -2.29. The van der Waals surface area contributed by atoms with E-state index in [-0.39, 0.29) is 24.1 Å². The zero-order chi connectivity index (χ0) is 21.3. The molecule has 0 aliphatic carbocycles. The first-order valence-electron chi connectivity index (χ1n) is 9.52. The van der Waals surface area contributed by atoms with E-state index in [2.05, 4.69) is 10.4 Å². The van der Waals surface area contributed by atoms with Gasteiger partial charge in [-0.3, -0.25) is 9.36 Å². The second kappa shape index (κ2) is 8.11. The zero-order valence-electron chi connectivity index (χ0n) is 17.2. The molecule has 0 atom stereocenters. The van der Waals surface area contributed by atoms with Gasteiger partial charge in [0.2, 0.25) is 15.9 Å². The molecular formula is C19H27N5O4S. The molecule has 1 aromatic heterocycles. The number of hydrogen-bond donors (Lipinski definition) is 1. The van der Waals surface area contributed by atoms with Crippen molar-refractivity contribution in [2.45, 2.75) is 39.2 Å². The molecule has 0 unspecified atom stereocenters. The van der Waals surface area contributed by atoms with Crippen molar-refractivity contribution in [3.8, 4) is 0 Å². The van der Waals surface area contributed by atoms with Gasteiger partial charge in [0.15, 0.2) is 0 Å². The summed E-state index contributed by atoms with van der Waals surface area (Å²) >= 11 is 0. The van der Waals surface area contributed by atoms with E-state index in [0.29, 0.717) is 37.4 Å². The zero-order valence-corrected chi connectivity index (χ0v) is 18.0. The maximum Gasteiger partial charge on any atom is 0.346 e. The van der Waals surface area contributed by atoms with Crippen LogP contribution in [0.5, 0.6) is 0 Å². The lowest BCUT2D eigenvalue weighted by Crippen LogP contribution is -2.37. The van der Waals surface area contributed by atoms with Crippen molar-refractivity contribution in [1.82, 2.24) is 18.7 Å². The van der Waals surface area contributed by atoms with E-state index in [9.17, 15) is 18.0 Å².